The van der Waals surface area contributed by atoms with Gasteiger partial charge in [0.15, 0.2) is 0 Å². The van der Waals surface area contributed by atoms with E-state index < -0.39 is 11.5 Å². The number of rotatable bonds is 8. The molecular formula is C38H46ClN3O4. The Kier molecular flexibility index (Phi) is 8.33. The van der Waals surface area contributed by atoms with E-state index >= 15 is 0 Å². The van der Waals surface area contributed by atoms with Gasteiger partial charge in [-0.15, -0.1) is 0 Å². The lowest BCUT2D eigenvalue weighted by Gasteiger charge is -2.47. The van der Waals surface area contributed by atoms with Crippen LogP contribution in [-0.4, -0.2) is 48.4 Å². The van der Waals surface area contributed by atoms with Crippen molar-refractivity contribution >= 4 is 28.9 Å². The number of nitrogens with zero attached hydrogens (tertiary/aromatic N) is 2. The molecule has 3 aliphatic carbocycles. The van der Waals surface area contributed by atoms with Crippen molar-refractivity contribution in [3.05, 3.63) is 76.1 Å². The van der Waals surface area contributed by atoms with Crippen LogP contribution in [0.4, 0.5) is 11.4 Å². The van der Waals surface area contributed by atoms with Gasteiger partial charge in [0.05, 0.1) is 18.8 Å². The van der Waals surface area contributed by atoms with Crippen LogP contribution in [0.5, 0.6) is 11.5 Å². The lowest BCUT2D eigenvalue weighted by atomic mass is 9.59. The van der Waals surface area contributed by atoms with Gasteiger partial charge in [0.1, 0.15) is 23.6 Å². The molecule has 1 fully saturated rings. The number of aromatic nitrogens is 1. The van der Waals surface area contributed by atoms with Crippen molar-refractivity contribution < 1.29 is 19.4 Å². The fourth-order valence-corrected chi connectivity index (χ4v) is 9.14. The minimum Gasteiger partial charge on any atom is -0.493 e. The summed E-state index contributed by atoms with van der Waals surface area (Å²) in [5.74, 6) is 2.34. The third-order valence-electron chi connectivity index (χ3n) is 11.5. The van der Waals surface area contributed by atoms with E-state index in [4.69, 9.17) is 21.1 Å². The summed E-state index contributed by atoms with van der Waals surface area (Å²) < 4.78 is 12.8. The number of hydrogen-bond acceptors (Lipinski definition) is 6. The lowest BCUT2D eigenvalue weighted by molar-refractivity contribution is -0.144. The molecule has 1 unspecified atom stereocenters. The Morgan fingerprint density at radius 3 is 2.83 bits per heavy atom. The van der Waals surface area contributed by atoms with Crippen molar-refractivity contribution in [2.45, 2.75) is 88.5 Å². The number of halogens is 1. The smallest absolute Gasteiger partial charge is 0.329 e. The fourth-order valence-electron chi connectivity index (χ4n) is 8.95. The average molecular weight is 644 g/mol. The van der Waals surface area contributed by atoms with Gasteiger partial charge in [-0.05, 0) is 128 Å². The van der Waals surface area contributed by atoms with Crippen LogP contribution in [-0.2, 0) is 23.1 Å². The molecule has 0 saturated heterocycles. The molecule has 3 aromatic rings. The van der Waals surface area contributed by atoms with Crippen LogP contribution in [0.1, 0.15) is 87.1 Å². The second kappa shape index (κ2) is 12.3. The first kappa shape index (κ1) is 31.2. The fraction of sp³-hybridized carbons (Fsp3) is 0.526. The topological polar surface area (TPSA) is 83.9 Å². The average Bonchev–Trinajstić information content (AvgIpc) is 3.31. The van der Waals surface area contributed by atoms with E-state index in [1.807, 2.05) is 36.5 Å². The van der Waals surface area contributed by atoms with E-state index in [9.17, 15) is 9.90 Å². The molecule has 7 nitrogen and oxygen atoms in total. The number of hydrogen-bond donors (Lipinski definition) is 2. The van der Waals surface area contributed by atoms with Crippen molar-refractivity contribution in [3.8, 4) is 11.5 Å². The van der Waals surface area contributed by atoms with Gasteiger partial charge in [-0.1, -0.05) is 31.5 Å². The first-order valence-electron chi connectivity index (χ1n) is 17.1. The van der Waals surface area contributed by atoms with Crippen LogP contribution >= 0.6 is 11.6 Å². The molecule has 8 heteroatoms. The number of fused-ring (bicyclic) bond motifs is 4. The Bertz CT molecular complexity index is 1620. The lowest BCUT2D eigenvalue weighted by Crippen LogP contribution is -2.53. The Morgan fingerprint density at radius 1 is 1.22 bits per heavy atom. The molecule has 46 heavy (non-hydrogen) atoms. The number of carbonyl (C=O) groups is 1. The van der Waals surface area contributed by atoms with Crippen LogP contribution in [0.3, 0.4) is 0 Å². The van der Waals surface area contributed by atoms with E-state index in [1.165, 1.54) is 35.2 Å². The Labute approximate surface area is 277 Å². The first-order chi connectivity index (χ1) is 22.2. The number of aryl methyl sites for hydroxylation is 1. The minimum atomic E-state index is -1.04. The molecule has 4 aliphatic rings. The number of carboxylic acids is 1. The highest BCUT2D eigenvalue weighted by Crippen LogP contribution is 2.58. The van der Waals surface area contributed by atoms with Crippen molar-refractivity contribution in [3.63, 3.8) is 0 Å². The highest BCUT2D eigenvalue weighted by atomic mass is 35.5. The van der Waals surface area contributed by atoms with E-state index in [0.29, 0.717) is 48.8 Å². The van der Waals surface area contributed by atoms with Crippen LogP contribution < -0.4 is 19.7 Å². The molecule has 1 aromatic heterocycles. The number of anilines is 2. The predicted molar refractivity (Wildman–Crippen MR) is 183 cm³/mol. The predicted octanol–water partition coefficient (Wildman–Crippen LogP) is 8.03. The molecule has 2 aromatic carbocycles. The molecule has 1 spiro atoms. The standard InChI is InChI=1S/C38H46ClN3O4/c1-24(23-46-33-10-15-40-31-9-4-6-25(2)35(31)33)18-27-19-26-20-32-34(45-17-16-42(32)3)22-30(26)37(27)11-13-38(14-12-37,36(43)44)41-29-8-5-7-28(39)21-29/h5,7-8,10,15,20-22,24-25,27,41H,4,6,9,11-14,16-19,23H2,1-3H3,(H,43,44)/t24-,25-,27?,37?,38?/m1/s1. The molecule has 2 heterocycles. The summed E-state index contributed by atoms with van der Waals surface area (Å²) >= 11 is 6.27. The van der Waals surface area contributed by atoms with Gasteiger partial charge >= 0.3 is 5.97 Å². The molecule has 3 atom stereocenters. The molecule has 0 amide bonds. The summed E-state index contributed by atoms with van der Waals surface area (Å²) in [6, 6.07) is 14.1. The summed E-state index contributed by atoms with van der Waals surface area (Å²) in [6.07, 6.45) is 9.96. The zero-order valence-corrected chi connectivity index (χ0v) is 28.0. The van der Waals surface area contributed by atoms with Gasteiger partial charge in [0.2, 0.25) is 0 Å². The van der Waals surface area contributed by atoms with Gasteiger partial charge in [-0.3, -0.25) is 4.98 Å². The van der Waals surface area contributed by atoms with Crippen LogP contribution in [0.15, 0.2) is 48.7 Å². The number of pyridine rings is 1. The second-order valence-corrected chi connectivity index (χ2v) is 14.9. The zero-order valence-electron chi connectivity index (χ0n) is 27.3. The third-order valence-corrected chi connectivity index (χ3v) is 11.7. The summed E-state index contributed by atoms with van der Waals surface area (Å²) in [5.41, 5.74) is 5.99. The summed E-state index contributed by atoms with van der Waals surface area (Å²) in [5, 5.41) is 14.6. The van der Waals surface area contributed by atoms with E-state index in [2.05, 4.69) is 48.2 Å². The molecule has 0 bridgehead atoms. The number of benzene rings is 2. The first-order valence-corrected chi connectivity index (χ1v) is 17.4. The number of aliphatic carboxylic acids is 1. The van der Waals surface area contributed by atoms with Crippen molar-refractivity contribution in [1.82, 2.24) is 4.98 Å². The number of nitrogens with one attached hydrogen (secondary N) is 1. The summed E-state index contributed by atoms with van der Waals surface area (Å²) in [4.78, 5) is 19.9. The minimum absolute atomic E-state index is 0.114. The number of carboxylic acid groups (broad SMARTS) is 1. The van der Waals surface area contributed by atoms with Gasteiger partial charge in [-0.2, -0.15) is 0 Å². The highest BCUT2D eigenvalue weighted by Gasteiger charge is 2.54. The van der Waals surface area contributed by atoms with Crippen LogP contribution in [0.25, 0.3) is 0 Å². The maximum absolute atomic E-state index is 12.9. The van der Waals surface area contributed by atoms with E-state index in [1.54, 1.807) is 0 Å². The molecule has 1 aliphatic heterocycles. The molecule has 0 radical (unpaired) electrons. The SMILES string of the molecule is C[C@@H](COc1ccnc2c1[C@H](C)CCC2)CC1Cc2cc3c(cc2C12CCC(Nc1cccc(Cl)c1)(C(=O)O)CC2)OCCN3C. The molecular weight excluding hydrogens is 598 g/mol. The monoisotopic (exact) mass is 643 g/mol. The largest absolute Gasteiger partial charge is 0.493 e. The van der Waals surface area contributed by atoms with Gasteiger partial charge < -0.3 is 24.8 Å². The summed E-state index contributed by atoms with van der Waals surface area (Å²) in [6.45, 7) is 6.81. The quantitative estimate of drug-likeness (QED) is 0.257. The Morgan fingerprint density at radius 2 is 2.04 bits per heavy atom. The van der Waals surface area contributed by atoms with Crippen LogP contribution in [0, 0.1) is 11.8 Å². The van der Waals surface area contributed by atoms with Gasteiger partial charge in [-0.25, -0.2) is 4.79 Å². The van der Waals surface area contributed by atoms with Crippen molar-refractivity contribution in [2.24, 2.45) is 11.8 Å². The van der Waals surface area contributed by atoms with Crippen LogP contribution in [0.2, 0.25) is 5.02 Å². The van der Waals surface area contributed by atoms with E-state index in [0.717, 1.165) is 61.5 Å². The second-order valence-electron chi connectivity index (χ2n) is 14.4. The Balaban J connectivity index is 1.15. The zero-order chi connectivity index (χ0) is 32.1. The number of likely N-dealkylation sites (N-methyl/N-ethyl adjacent to an activating group) is 1. The highest BCUT2D eigenvalue weighted by molar-refractivity contribution is 6.30. The molecule has 1 saturated carbocycles. The maximum Gasteiger partial charge on any atom is 0.329 e. The van der Waals surface area contributed by atoms with Crippen molar-refractivity contribution in [2.75, 3.05) is 37.0 Å². The van der Waals surface area contributed by atoms with E-state index in [-0.39, 0.29) is 5.41 Å². The third kappa shape index (κ3) is 5.59. The Hall–Kier alpha value is -3.45. The molecule has 2 N–H and O–H groups in total. The molecule has 244 valence electrons. The van der Waals surface area contributed by atoms with Gasteiger partial charge in [0.25, 0.3) is 0 Å². The van der Waals surface area contributed by atoms with Gasteiger partial charge in [0, 0.05) is 35.2 Å². The number of ether oxygens (including phenoxy) is 2. The molecule has 7 rings (SSSR count). The van der Waals surface area contributed by atoms with Crippen molar-refractivity contribution in [1.29, 1.82) is 0 Å². The normalized spacial score (nSPS) is 27.3. The summed E-state index contributed by atoms with van der Waals surface area (Å²) in [7, 11) is 2.14. The maximum atomic E-state index is 12.9.